The Morgan fingerprint density at radius 1 is 1.29 bits per heavy atom. The number of hydrogen-bond acceptors (Lipinski definition) is 5. The van der Waals surface area contributed by atoms with E-state index in [0.717, 1.165) is 5.03 Å². The molecule has 7 heteroatoms. The summed E-state index contributed by atoms with van der Waals surface area (Å²) in [4.78, 5) is 27.8. The van der Waals surface area contributed by atoms with E-state index in [1.54, 1.807) is 25.4 Å². The fraction of sp³-hybridized carbons (Fsp3) is 0.143. The first kappa shape index (κ1) is 15.0. The van der Waals surface area contributed by atoms with Crippen molar-refractivity contribution in [2.75, 3.05) is 17.7 Å². The third-order valence-corrected chi connectivity index (χ3v) is 3.73. The molecule has 0 spiro atoms. The number of benzene rings is 1. The van der Waals surface area contributed by atoms with Crippen molar-refractivity contribution in [3.63, 3.8) is 0 Å². The lowest BCUT2D eigenvalue weighted by atomic mass is 10.2. The molecule has 0 saturated heterocycles. The van der Waals surface area contributed by atoms with Crippen LogP contribution in [0.1, 0.15) is 0 Å². The van der Waals surface area contributed by atoms with Crippen molar-refractivity contribution in [2.45, 2.75) is 5.03 Å². The van der Waals surface area contributed by atoms with Crippen LogP contribution in [0.4, 0.5) is 11.4 Å². The summed E-state index contributed by atoms with van der Waals surface area (Å²) in [5, 5.41) is 11.4. The van der Waals surface area contributed by atoms with Gasteiger partial charge in [-0.25, -0.2) is 4.98 Å². The molecule has 0 radical (unpaired) electrons. The number of non-ortho nitro benzene ring substituents is 1. The standard InChI is InChI=1S/C14H13N3O3S/c1-16(11-5-7-12(8-6-11)17(19)20)14(18)10-21-13-4-2-3-9-15-13/h2-9H,10H2,1H3. The molecule has 21 heavy (non-hydrogen) atoms. The highest BCUT2D eigenvalue weighted by molar-refractivity contribution is 7.99. The third-order valence-electron chi connectivity index (χ3n) is 2.80. The van der Waals surface area contributed by atoms with Crippen LogP contribution in [-0.4, -0.2) is 28.6 Å². The van der Waals surface area contributed by atoms with Crippen LogP contribution in [-0.2, 0) is 4.79 Å². The van der Waals surface area contributed by atoms with E-state index in [9.17, 15) is 14.9 Å². The van der Waals surface area contributed by atoms with Crippen LogP contribution in [0.25, 0.3) is 0 Å². The van der Waals surface area contributed by atoms with Gasteiger partial charge >= 0.3 is 0 Å². The molecule has 0 aliphatic heterocycles. The van der Waals surface area contributed by atoms with Gasteiger partial charge in [0.1, 0.15) is 0 Å². The van der Waals surface area contributed by atoms with E-state index in [-0.39, 0.29) is 17.3 Å². The van der Waals surface area contributed by atoms with Gasteiger partial charge < -0.3 is 4.90 Å². The number of anilines is 1. The molecule has 0 aliphatic rings. The molecule has 0 N–H and O–H groups in total. The van der Waals surface area contributed by atoms with Gasteiger partial charge in [0.15, 0.2) is 0 Å². The van der Waals surface area contributed by atoms with Crippen molar-refractivity contribution >= 4 is 29.0 Å². The number of aromatic nitrogens is 1. The number of carbonyl (C=O) groups excluding carboxylic acids is 1. The average molecular weight is 303 g/mol. The SMILES string of the molecule is CN(C(=O)CSc1ccccn1)c1ccc([N+](=O)[O-])cc1. The maximum Gasteiger partial charge on any atom is 0.269 e. The van der Waals surface area contributed by atoms with Crippen LogP contribution in [0.5, 0.6) is 0 Å². The van der Waals surface area contributed by atoms with Gasteiger partial charge in [0.25, 0.3) is 5.69 Å². The Morgan fingerprint density at radius 3 is 2.57 bits per heavy atom. The lowest BCUT2D eigenvalue weighted by Crippen LogP contribution is -2.27. The summed E-state index contributed by atoms with van der Waals surface area (Å²) in [5.41, 5.74) is 0.620. The number of hydrogen-bond donors (Lipinski definition) is 0. The van der Waals surface area contributed by atoms with Crippen LogP contribution in [0.15, 0.2) is 53.7 Å². The summed E-state index contributed by atoms with van der Waals surface area (Å²) in [7, 11) is 1.64. The molecule has 0 aliphatic carbocycles. The normalized spacial score (nSPS) is 10.1. The number of rotatable bonds is 5. The molecule has 0 saturated carbocycles. The zero-order chi connectivity index (χ0) is 15.2. The number of amides is 1. The molecule has 1 aromatic heterocycles. The molecule has 1 amide bonds. The fourth-order valence-corrected chi connectivity index (χ4v) is 2.38. The number of thioether (sulfide) groups is 1. The highest BCUT2D eigenvalue weighted by Crippen LogP contribution is 2.20. The molecular formula is C14H13N3O3S. The van der Waals surface area contributed by atoms with Crippen molar-refractivity contribution in [3.8, 4) is 0 Å². The zero-order valence-electron chi connectivity index (χ0n) is 11.3. The van der Waals surface area contributed by atoms with Gasteiger partial charge in [-0.3, -0.25) is 14.9 Å². The van der Waals surface area contributed by atoms with Gasteiger partial charge in [-0.15, -0.1) is 0 Å². The average Bonchev–Trinajstić information content (AvgIpc) is 2.53. The zero-order valence-corrected chi connectivity index (χ0v) is 12.1. The minimum atomic E-state index is -0.470. The third kappa shape index (κ3) is 4.03. The number of carbonyl (C=O) groups is 1. The summed E-state index contributed by atoms with van der Waals surface area (Å²) >= 11 is 1.35. The van der Waals surface area contributed by atoms with Gasteiger partial charge in [0, 0.05) is 31.1 Å². The first-order chi connectivity index (χ1) is 10.1. The maximum absolute atomic E-state index is 12.1. The fourth-order valence-electron chi connectivity index (χ4n) is 1.61. The van der Waals surface area contributed by atoms with E-state index in [0.29, 0.717) is 5.69 Å². The lowest BCUT2D eigenvalue weighted by Gasteiger charge is -2.16. The Balaban J connectivity index is 1.97. The predicted molar refractivity (Wildman–Crippen MR) is 81.5 cm³/mol. The number of nitro benzene ring substituents is 1. The topological polar surface area (TPSA) is 76.3 Å². The minimum Gasteiger partial charge on any atom is -0.315 e. The minimum absolute atomic E-state index is 0.00228. The van der Waals surface area contributed by atoms with E-state index in [1.807, 2.05) is 18.2 Å². The highest BCUT2D eigenvalue weighted by Gasteiger charge is 2.13. The molecule has 108 valence electrons. The van der Waals surface area contributed by atoms with Gasteiger partial charge in [-0.05, 0) is 24.3 Å². The van der Waals surface area contributed by atoms with Gasteiger partial charge in [-0.1, -0.05) is 17.8 Å². The van der Waals surface area contributed by atoms with E-state index in [1.165, 1.54) is 28.8 Å². The molecule has 1 aromatic carbocycles. The van der Waals surface area contributed by atoms with Gasteiger partial charge in [0.2, 0.25) is 5.91 Å². The second kappa shape index (κ2) is 6.85. The molecule has 6 nitrogen and oxygen atoms in total. The molecule has 1 heterocycles. The molecule has 0 atom stereocenters. The molecule has 0 bridgehead atoms. The molecule has 2 rings (SSSR count). The largest absolute Gasteiger partial charge is 0.315 e. The van der Waals surface area contributed by atoms with Gasteiger partial charge in [0.05, 0.1) is 15.7 Å². The summed E-state index contributed by atoms with van der Waals surface area (Å²) < 4.78 is 0. The monoisotopic (exact) mass is 303 g/mol. The molecule has 0 fully saturated rings. The van der Waals surface area contributed by atoms with Crippen molar-refractivity contribution in [2.24, 2.45) is 0 Å². The van der Waals surface area contributed by atoms with Crippen LogP contribution < -0.4 is 4.90 Å². The maximum atomic E-state index is 12.1. The van der Waals surface area contributed by atoms with Crippen molar-refractivity contribution < 1.29 is 9.72 Å². The van der Waals surface area contributed by atoms with Crippen LogP contribution in [0.2, 0.25) is 0 Å². The predicted octanol–water partition coefficient (Wildman–Crippen LogP) is 2.74. The van der Waals surface area contributed by atoms with Crippen LogP contribution >= 0.6 is 11.8 Å². The summed E-state index contributed by atoms with van der Waals surface area (Å²) in [6.45, 7) is 0. The van der Waals surface area contributed by atoms with E-state index < -0.39 is 4.92 Å². The lowest BCUT2D eigenvalue weighted by molar-refractivity contribution is -0.384. The van der Waals surface area contributed by atoms with E-state index in [4.69, 9.17) is 0 Å². The quantitative estimate of drug-likeness (QED) is 0.482. The first-order valence-electron chi connectivity index (χ1n) is 6.13. The highest BCUT2D eigenvalue weighted by atomic mass is 32.2. The van der Waals surface area contributed by atoms with E-state index in [2.05, 4.69) is 4.98 Å². The first-order valence-corrected chi connectivity index (χ1v) is 7.11. The number of nitro groups is 1. The number of nitrogens with zero attached hydrogens (tertiary/aromatic N) is 3. The Labute approximate surface area is 126 Å². The Kier molecular flexibility index (Phi) is 4.89. The smallest absolute Gasteiger partial charge is 0.269 e. The Hall–Kier alpha value is -2.41. The second-order valence-corrected chi connectivity index (χ2v) is 5.18. The summed E-state index contributed by atoms with van der Waals surface area (Å²) in [6, 6.07) is 11.4. The molecule has 2 aromatic rings. The van der Waals surface area contributed by atoms with Crippen LogP contribution in [0.3, 0.4) is 0 Å². The van der Waals surface area contributed by atoms with Gasteiger partial charge in [-0.2, -0.15) is 0 Å². The molecule has 0 unspecified atom stereocenters. The van der Waals surface area contributed by atoms with Crippen molar-refractivity contribution in [1.82, 2.24) is 4.98 Å². The Bertz CT molecular complexity index is 632. The van der Waals surface area contributed by atoms with E-state index >= 15 is 0 Å². The summed E-state index contributed by atoms with van der Waals surface area (Å²) in [5.74, 6) is 0.157. The second-order valence-electron chi connectivity index (χ2n) is 4.18. The Morgan fingerprint density at radius 2 is 2.00 bits per heavy atom. The summed E-state index contributed by atoms with van der Waals surface area (Å²) in [6.07, 6.45) is 1.67. The van der Waals surface area contributed by atoms with Crippen molar-refractivity contribution in [3.05, 3.63) is 58.8 Å². The van der Waals surface area contributed by atoms with Crippen LogP contribution in [0, 0.1) is 10.1 Å². The molecular weight excluding hydrogens is 290 g/mol. The van der Waals surface area contributed by atoms with Crippen molar-refractivity contribution in [1.29, 1.82) is 0 Å². The number of pyridine rings is 1.